The van der Waals surface area contributed by atoms with Gasteiger partial charge in [-0.15, -0.1) is 0 Å². The Hall–Kier alpha value is -3.54. The van der Waals surface area contributed by atoms with Gasteiger partial charge in [0.1, 0.15) is 11.4 Å². The maximum Gasteiger partial charge on any atom is 0.247 e. The van der Waals surface area contributed by atoms with Crippen molar-refractivity contribution in [3.05, 3.63) is 66.5 Å². The minimum Gasteiger partial charge on any atom is -0.494 e. The SMILES string of the molecule is C=CC(=O)Nc1ccc(OC)c(N=CNC(=C)c2c[nH]c(/C=C\C)c2C)c1. The Labute approximate surface area is 159 Å². The lowest BCUT2D eigenvalue weighted by Crippen LogP contribution is -2.09. The molecule has 2 aromatic rings. The summed E-state index contributed by atoms with van der Waals surface area (Å²) in [4.78, 5) is 19.1. The molecule has 27 heavy (non-hydrogen) atoms. The molecule has 0 unspecified atom stereocenters. The number of anilines is 1. The first-order valence-corrected chi connectivity index (χ1v) is 8.40. The number of methoxy groups -OCH3 is 1. The quantitative estimate of drug-likeness (QED) is 0.369. The molecule has 0 aliphatic rings. The van der Waals surface area contributed by atoms with E-state index in [2.05, 4.69) is 33.8 Å². The second-order valence-corrected chi connectivity index (χ2v) is 5.70. The van der Waals surface area contributed by atoms with E-state index in [4.69, 9.17) is 4.74 Å². The Morgan fingerprint density at radius 3 is 2.81 bits per heavy atom. The lowest BCUT2D eigenvalue weighted by molar-refractivity contribution is -0.111. The molecule has 1 aromatic carbocycles. The van der Waals surface area contributed by atoms with Crippen molar-refractivity contribution < 1.29 is 9.53 Å². The zero-order valence-corrected chi connectivity index (χ0v) is 15.8. The lowest BCUT2D eigenvalue weighted by Gasteiger charge is -2.08. The molecule has 0 fully saturated rings. The van der Waals surface area contributed by atoms with Crippen LogP contribution in [0.3, 0.4) is 0 Å². The first-order chi connectivity index (χ1) is 13.0. The van der Waals surface area contributed by atoms with Gasteiger partial charge in [0.25, 0.3) is 0 Å². The van der Waals surface area contributed by atoms with Gasteiger partial charge in [-0.2, -0.15) is 0 Å². The Morgan fingerprint density at radius 2 is 2.15 bits per heavy atom. The summed E-state index contributed by atoms with van der Waals surface area (Å²) >= 11 is 0. The number of carbonyl (C=O) groups excluding carboxylic acids is 1. The van der Waals surface area contributed by atoms with Gasteiger partial charge >= 0.3 is 0 Å². The van der Waals surface area contributed by atoms with Gasteiger partial charge in [0.05, 0.1) is 13.4 Å². The third-order valence-corrected chi connectivity index (χ3v) is 3.91. The molecular weight excluding hydrogens is 340 g/mol. The van der Waals surface area contributed by atoms with Crippen LogP contribution in [-0.4, -0.2) is 24.3 Å². The number of hydrogen-bond acceptors (Lipinski definition) is 3. The molecular formula is C21H24N4O2. The van der Waals surface area contributed by atoms with Gasteiger partial charge in [0.15, 0.2) is 0 Å². The fourth-order valence-corrected chi connectivity index (χ4v) is 2.48. The van der Waals surface area contributed by atoms with Crippen LogP contribution in [0, 0.1) is 6.92 Å². The van der Waals surface area contributed by atoms with E-state index in [-0.39, 0.29) is 5.91 Å². The predicted octanol–water partition coefficient (Wildman–Crippen LogP) is 4.41. The standard InChI is InChI=1S/C21H24N4O2/c1-6-8-18-14(3)17(12-22-18)15(4)23-13-24-19-11-16(25-21(26)7-2)9-10-20(19)27-5/h6-13,22H,2,4H2,1,3,5H3,(H,23,24)(H,25,26)/b8-6-. The van der Waals surface area contributed by atoms with Crippen LogP contribution in [0.5, 0.6) is 5.75 Å². The number of nitrogens with zero attached hydrogens (tertiary/aromatic N) is 1. The number of nitrogens with one attached hydrogen (secondary N) is 3. The fraction of sp³-hybridized carbons (Fsp3) is 0.143. The van der Waals surface area contributed by atoms with Gasteiger partial charge in [0.2, 0.25) is 5.91 Å². The van der Waals surface area contributed by atoms with E-state index in [1.54, 1.807) is 31.6 Å². The third kappa shape index (κ3) is 4.98. The number of aromatic amines is 1. The zero-order valence-electron chi connectivity index (χ0n) is 15.8. The van der Waals surface area contributed by atoms with Gasteiger partial charge in [-0.25, -0.2) is 4.99 Å². The molecule has 0 saturated heterocycles. The van der Waals surface area contributed by atoms with Crippen molar-refractivity contribution in [3.8, 4) is 5.75 Å². The monoisotopic (exact) mass is 364 g/mol. The second kappa shape index (κ2) is 9.24. The van der Waals surface area contributed by atoms with E-state index in [0.717, 1.165) is 22.5 Å². The van der Waals surface area contributed by atoms with Crippen LogP contribution < -0.4 is 15.4 Å². The summed E-state index contributed by atoms with van der Waals surface area (Å²) in [5.41, 5.74) is 5.02. The average Bonchev–Trinajstić information content (AvgIpc) is 3.02. The van der Waals surface area contributed by atoms with Gasteiger partial charge < -0.3 is 20.4 Å². The normalized spacial score (nSPS) is 10.9. The third-order valence-electron chi connectivity index (χ3n) is 3.91. The summed E-state index contributed by atoms with van der Waals surface area (Å²) in [5, 5.41) is 5.77. The summed E-state index contributed by atoms with van der Waals surface area (Å²) < 4.78 is 5.31. The topological polar surface area (TPSA) is 78.5 Å². The molecule has 1 aromatic heterocycles. The Kier molecular flexibility index (Phi) is 6.77. The van der Waals surface area contributed by atoms with Crippen molar-refractivity contribution in [2.75, 3.05) is 12.4 Å². The molecule has 0 saturated carbocycles. The van der Waals surface area contributed by atoms with Crippen LogP contribution in [0.1, 0.15) is 23.7 Å². The average molecular weight is 364 g/mol. The van der Waals surface area contributed by atoms with Crippen LogP contribution in [0.25, 0.3) is 11.8 Å². The minimum absolute atomic E-state index is 0.290. The first-order valence-electron chi connectivity index (χ1n) is 8.40. The number of benzene rings is 1. The minimum atomic E-state index is -0.290. The lowest BCUT2D eigenvalue weighted by atomic mass is 10.1. The van der Waals surface area contributed by atoms with E-state index in [1.807, 2.05) is 32.2 Å². The van der Waals surface area contributed by atoms with Crippen molar-refractivity contribution in [1.82, 2.24) is 10.3 Å². The Balaban J connectivity index is 2.14. The predicted molar refractivity (Wildman–Crippen MR) is 112 cm³/mol. The van der Waals surface area contributed by atoms with Gasteiger partial charge in [0, 0.05) is 28.8 Å². The molecule has 6 nitrogen and oxygen atoms in total. The van der Waals surface area contributed by atoms with Crippen LogP contribution >= 0.6 is 0 Å². The zero-order chi connectivity index (χ0) is 19.8. The maximum atomic E-state index is 11.5. The molecule has 0 aliphatic carbocycles. The van der Waals surface area contributed by atoms with Crippen LogP contribution in [-0.2, 0) is 4.79 Å². The van der Waals surface area contributed by atoms with Crippen molar-refractivity contribution in [2.45, 2.75) is 13.8 Å². The molecule has 1 amide bonds. The summed E-state index contributed by atoms with van der Waals surface area (Å²) in [6.45, 7) is 11.5. The number of hydrogen-bond donors (Lipinski definition) is 3. The van der Waals surface area contributed by atoms with Crippen LogP contribution in [0.15, 0.2) is 54.7 Å². The highest BCUT2D eigenvalue weighted by atomic mass is 16.5. The highest BCUT2D eigenvalue weighted by Crippen LogP contribution is 2.30. The number of aliphatic imine (C=N–C) groups is 1. The van der Waals surface area contributed by atoms with Crippen molar-refractivity contribution >= 4 is 35.4 Å². The van der Waals surface area contributed by atoms with Crippen molar-refractivity contribution in [3.63, 3.8) is 0 Å². The van der Waals surface area contributed by atoms with E-state index in [0.29, 0.717) is 17.1 Å². The van der Waals surface area contributed by atoms with Gasteiger partial charge in [-0.3, -0.25) is 4.79 Å². The molecule has 0 atom stereocenters. The van der Waals surface area contributed by atoms with Gasteiger partial charge in [-0.05, 0) is 49.8 Å². The molecule has 0 bridgehead atoms. The molecule has 0 spiro atoms. The second-order valence-electron chi connectivity index (χ2n) is 5.70. The molecule has 140 valence electrons. The summed E-state index contributed by atoms with van der Waals surface area (Å²) in [7, 11) is 1.56. The molecule has 3 N–H and O–H groups in total. The van der Waals surface area contributed by atoms with E-state index in [9.17, 15) is 4.79 Å². The summed E-state index contributed by atoms with van der Waals surface area (Å²) in [5.74, 6) is 0.296. The van der Waals surface area contributed by atoms with E-state index >= 15 is 0 Å². The smallest absolute Gasteiger partial charge is 0.247 e. The molecule has 0 aliphatic heterocycles. The highest BCUT2D eigenvalue weighted by molar-refractivity contribution is 5.99. The Bertz CT molecular complexity index is 907. The molecule has 6 heteroatoms. The molecule has 0 radical (unpaired) electrons. The first kappa shape index (κ1) is 19.8. The largest absolute Gasteiger partial charge is 0.494 e. The van der Waals surface area contributed by atoms with Crippen molar-refractivity contribution in [2.24, 2.45) is 4.99 Å². The fourth-order valence-electron chi connectivity index (χ4n) is 2.48. The summed E-state index contributed by atoms with van der Waals surface area (Å²) in [6.07, 6.45) is 8.64. The number of H-pyrrole nitrogens is 1. The number of aromatic nitrogens is 1. The molecule has 1 heterocycles. The van der Waals surface area contributed by atoms with Crippen LogP contribution in [0.4, 0.5) is 11.4 Å². The van der Waals surface area contributed by atoms with E-state index in [1.165, 1.54) is 6.08 Å². The number of amides is 1. The number of rotatable bonds is 8. The Morgan fingerprint density at radius 1 is 1.37 bits per heavy atom. The van der Waals surface area contributed by atoms with Crippen molar-refractivity contribution in [1.29, 1.82) is 0 Å². The van der Waals surface area contributed by atoms with Crippen LogP contribution in [0.2, 0.25) is 0 Å². The maximum absolute atomic E-state index is 11.5. The number of carbonyl (C=O) groups is 1. The molecule has 2 rings (SSSR count). The highest BCUT2D eigenvalue weighted by Gasteiger charge is 2.08. The van der Waals surface area contributed by atoms with Gasteiger partial charge in [-0.1, -0.05) is 19.2 Å². The number of ether oxygens (including phenoxy) is 1. The number of allylic oxidation sites excluding steroid dienone is 1. The summed E-state index contributed by atoms with van der Waals surface area (Å²) in [6, 6.07) is 5.18. The van der Waals surface area contributed by atoms with E-state index < -0.39 is 0 Å².